The fourth-order valence-electron chi connectivity index (χ4n) is 6.47. The van der Waals surface area contributed by atoms with Gasteiger partial charge in [-0.05, 0) is 92.2 Å². The van der Waals surface area contributed by atoms with Crippen molar-refractivity contribution in [3.05, 3.63) is 200 Å². The first-order valence-corrected chi connectivity index (χ1v) is 16.0. The van der Waals surface area contributed by atoms with Crippen molar-refractivity contribution in [1.29, 1.82) is 0 Å². The molecule has 0 radical (unpaired) electrons. The third-order valence-corrected chi connectivity index (χ3v) is 8.72. The molecule has 1 heteroatoms. The van der Waals surface area contributed by atoms with Gasteiger partial charge in [0.1, 0.15) is 0 Å². The quantitative estimate of drug-likeness (QED) is 0.177. The highest BCUT2D eigenvalue weighted by Crippen LogP contribution is 2.40. The lowest BCUT2D eigenvalue weighted by molar-refractivity contribution is 1.29. The van der Waals surface area contributed by atoms with Gasteiger partial charge in [-0.25, -0.2) is 0 Å². The van der Waals surface area contributed by atoms with E-state index in [-0.39, 0.29) is 0 Å². The molecule has 0 spiro atoms. The molecule has 0 saturated heterocycles. The maximum absolute atomic E-state index is 3.51. The summed E-state index contributed by atoms with van der Waals surface area (Å²) in [7, 11) is 0. The van der Waals surface area contributed by atoms with E-state index in [1.165, 1.54) is 44.2 Å². The highest BCUT2D eigenvalue weighted by atomic mass is 15.1. The molecule has 0 aliphatic rings. The summed E-state index contributed by atoms with van der Waals surface area (Å²) in [5, 5.41) is 2.49. The third-order valence-electron chi connectivity index (χ3n) is 8.72. The topological polar surface area (TPSA) is 3.24 Å². The molecule has 0 atom stereocenters. The van der Waals surface area contributed by atoms with Crippen LogP contribution in [0.1, 0.15) is 0 Å². The number of para-hydroxylation sites is 1. The summed E-state index contributed by atoms with van der Waals surface area (Å²) in [6.07, 6.45) is 0. The maximum atomic E-state index is 3.51. The highest BCUT2D eigenvalue weighted by Gasteiger charge is 2.16. The Hall–Kier alpha value is -6.36. The zero-order valence-corrected chi connectivity index (χ0v) is 25.8. The second-order valence-corrected chi connectivity index (χ2v) is 11.6. The summed E-state index contributed by atoms with van der Waals surface area (Å²) in [4.78, 5) is 2.24. The van der Waals surface area contributed by atoms with E-state index in [2.05, 4.69) is 205 Å². The van der Waals surface area contributed by atoms with Crippen molar-refractivity contribution in [3.8, 4) is 44.5 Å². The molecule has 0 aromatic heterocycles. The van der Waals surface area contributed by atoms with Crippen LogP contribution in [0, 0.1) is 12.1 Å². The van der Waals surface area contributed by atoms with Gasteiger partial charge < -0.3 is 4.90 Å². The number of rotatable bonds is 7. The summed E-state index contributed by atoms with van der Waals surface area (Å²) in [5.41, 5.74) is 12.5. The first-order chi connectivity index (χ1) is 23.3. The molecule has 0 N–H and O–H groups in total. The molecule has 8 rings (SSSR count). The second kappa shape index (κ2) is 12.6. The Morgan fingerprint density at radius 3 is 1.62 bits per heavy atom. The molecule has 8 aromatic rings. The molecule has 0 amide bonds. The lowest BCUT2D eigenvalue weighted by atomic mass is 9.90. The van der Waals surface area contributed by atoms with Crippen LogP contribution in [0.25, 0.3) is 55.3 Å². The first-order valence-electron chi connectivity index (χ1n) is 16.0. The minimum Gasteiger partial charge on any atom is -0.303 e. The molecule has 8 aromatic carbocycles. The number of nitrogens with zero attached hydrogens (tertiary/aromatic N) is 1. The standard InChI is InChI=1S/C46H31N/c1-4-14-34(15-5-1)42-21-12-13-22-43(42)36-24-29-40(30-25-36)47(39-19-8-3-9-20-39)41-31-26-37(27-32-41)45-33-28-35-16-10-11-23-44(35)46(45)38-17-6-2-7-18-38/h1-24,26-29,31-33H. The van der Waals surface area contributed by atoms with Gasteiger partial charge in [-0.1, -0.05) is 158 Å². The molecule has 0 aliphatic heterocycles. The van der Waals surface area contributed by atoms with E-state index in [0.29, 0.717) is 0 Å². The Kier molecular flexibility index (Phi) is 7.52. The molecular weight excluding hydrogens is 567 g/mol. The zero-order chi connectivity index (χ0) is 31.4. The average Bonchev–Trinajstić information content (AvgIpc) is 3.16. The summed E-state index contributed by atoms with van der Waals surface area (Å²) in [5.74, 6) is 0. The van der Waals surface area contributed by atoms with E-state index in [1.54, 1.807) is 0 Å². The minimum absolute atomic E-state index is 0.931. The van der Waals surface area contributed by atoms with Crippen LogP contribution in [0.3, 0.4) is 0 Å². The predicted octanol–water partition coefficient (Wildman–Crippen LogP) is 12.6. The van der Waals surface area contributed by atoms with Crippen molar-refractivity contribution < 1.29 is 0 Å². The van der Waals surface area contributed by atoms with Crippen molar-refractivity contribution >= 4 is 27.8 Å². The van der Waals surface area contributed by atoms with Crippen LogP contribution < -0.4 is 4.90 Å². The van der Waals surface area contributed by atoms with Crippen LogP contribution in [-0.2, 0) is 0 Å². The number of anilines is 3. The number of fused-ring (bicyclic) bond motifs is 1. The predicted molar refractivity (Wildman–Crippen MR) is 198 cm³/mol. The Bertz CT molecular complexity index is 2250. The molecule has 0 unspecified atom stereocenters. The number of hydrogen-bond acceptors (Lipinski definition) is 1. The first kappa shape index (κ1) is 28.1. The van der Waals surface area contributed by atoms with Crippen LogP contribution in [0.15, 0.2) is 188 Å². The van der Waals surface area contributed by atoms with E-state index in [0.717, 1.165) is 28.2 Å². The summed E-state index contributed by atoms with van der Waals surface area (Å²) in [6.45, 7) is 0. The monoisotopic (exact) mass is 597 g/mol. The largest absolute Gasteiger partial charge is 0.303 e. The third kappa shape index (κ3) is 5.54. The van der Waals surface area contributed by atoms with Gasteiger partial charge in [-0.15, -0.1) is 0 Å². The van der Waals surface area contributed by atoms with Crippen molar-refractivity contribution in [2.24, 2.45) is 0 Å². The molecule has 0 saturated carbocycles. The SMILES string of the molecule is c1c(-c2ccccc2-c2ccccc2)ccc(N(c2ccccc2)c2ccc(-c3ccc4ccccc4c3-c3ccccc3)cc2)c#1. The Labute approximate surface area is 276 Å². The Morgan fingerprint density at radius 2 is 0.915 bits per heavy atom. The lowest BCUT2D eigenvalue weighted by Gasteiger charge is -2.24. The summed E-state index contributed by atoms with van der Waals surface area (Å²) >= 11 is 0. The number of benzene rings is 7. The molecule has 47 heavy (non-hydrogen) atoms. The zero-order valence-electron chi connectivity index (χ0n) is 25.8. The van der Waals surface area contributed by atoms with Crippen LogP contribution in [0.2, 0.25) is 0 Å². The van der Waals surface area contributed by atoms with Gasteiger partial charge in [-0.3, -0.25) is 0 Å². The van der Waals surface area contributed by atoms with Crippen molar-refractivity contribution in [2.75, 3.05) is 4.90 Å². The van der Waals surface area contributed by atoms with Gasteiger partial charge in [0, 0.05) is 16.9 Å². The molecule has 220 valence electrons. The van der Waals surface area contributed by atoms with Gasteiger partial charge in [0.25, 0.3) is 0 Å². The fourth-order valence-corrected chi connectivity index (χ4v) is 6.47. The summed E-state index contributed by atoms with van der Waals surface area (Å²) in [6, 6.07) is 73.5. The van der Waals surface area contributed by atoms with Crippen molar-refractivity contribution in [1.82, 2.24) is 0 Å². The van der Waals surface area contributed by atoms with Gasteiger partial charge >= 0.3 is 0 Å². The Morgan fingerprint density at radius 1 is 0.340 bits per heavy atom. The van der Waals surface area contributed by atoms with Gasteiger partial charge in [0.05, 0.1) is 5.69 Å². The fraction of sp³-hybridized carbons (Fsp3) is 0. The average molecular weight is 598 g/mol. The molecule has 0 bridgehead atoms. The van der Waals surface area contributed by atoms with Crippen LogP contribution in [0.5, 0.6) is 0 Å². The normalized spacial score (nSPS) is 10.8. The summed E-state index contributed by atoms with van der Waals surface area (Å²) < 4.78 is 0. The smallest absolute Gasteiger partial charge is 0.0973 e. The van der Waals surface area contributed by atoms with E-state index < -0.39 is 0 Å². The molecule has 0 fully saturated rings. The van der Waals surface area contributed by atoms with E-state index >= 15 is 0 Å². The van der Waals surface area contributed by atoms with E-state index in [9.17, 15) is 0 Å². The van der Waals surface area contributed by atoms with E-state index in [4.69, 9.17) is 0 Å². The second-order valence-electron chi connectivity index (χ2n) is 11.6. The molecular formula is C46H31N. The van der Waals surface area contributed by atoms with Crippen LogP contribution in [-0.4, -0.2) is 0 Å². The maximum Gasteiger partial charge on any atom is 0.0973 e. The molecule has 1 nitrogen and oxygen atoms in total. The van der Waals surface area contributed by atoms with Gasteiger partial charge in [-0.2, -0.15) is 0 Å². The minimum atomic E-state index is 0.931. The molecule has 0 heterocycles. The van der Waals surface area contributed by atoms with E-state index in [1.807, 2.05) is 0 Å². The van der Waals surface area contributed by atoms with Crippen LogP contribution in [0.4, 0.5) is 17.1 Å². The van der Waals surface area contributed by atoms with Crippen LogP contribution >= 0.6 is 0 Å². The van der Waals surface area contributed by atoms with Gasteiger partial charge in [0.15, 0.2) is 0 Å². The molecule has 0 aliphatic carbocycles. The van der Waals surface area contributed by atoms with Gasteiger partial charge in [0.2, 0.25) is 0 Å². The Balaban J connectivity index is 1.19. The lowest BCUT2D eigenvalue weighted by Crippen LogP contribution is -2.09. The van der Waals surface area contributed by atoms with Crippen molar-refractivity contribution in [3.63, 3.8) is 0 Å². The highest BCUT2D eigenvalue weighted by molar-refractivity contribution is 6.04. The van der Waals surface area contributed by atoms with Crippen molar-refractivity contribution in [2.45, 2.75) is 0 Å². The number of hydrogen-bond donors (Lipinski definition) is 0.